The lowest BCUT2D eigenvalue weighted by atomic mass is 9.90. The molecule has 1 aliphatic rings. The van der Waals surface area contributed by atoms with Crippen molar-refractivity contribution in [2.75, 3.05) is 19.7 Å². The third kappa shape index (κ3) is 6.34. The quantitative estimate of drug-likeness (QED) is 0.212. The Bertz CT molecular complexity index is 1070. The maximum absolute atomic E-state index is 13.1. The van der Waals surface area contributed by atoms with Gasteiger partial charge in [-0.05, 0) is 48.4 Å². The fourth-order valence-electron chi connectivity index (χ4n) is 4.02. The van der Waals surface area contributed by atoms with Crippen LogP contribution in [-0.4, -0.2) is 41.0 Å². The van der Waals surface area contributed by atoms with Crippen LogP contribution >= 0.6 is 0 Å². The third-order valence-electron chi connectivity index (χ3n) is 5.66. The van der Waals surface area contributed by atoms with Crippen molar-refractivity contribution in [2.24, 2.45) is 21.3 Å². The van der Waals surface area contributed by atoms with E-state index in [2.05, 4.69) is 35.5 Å². The number of carbonyl (C=O) groups is 1. The first-order chi connectivity index (χ1) is 16.2. The number of nitroso groups, excluding NO2 is 1. The van der Waals surface area contributed by atoms with E-state index >= 15 is 0 Å². The summed E-state index contributed by atoms with van der Waals surface area (Å²) in [6, 6.07) is 2.93. The van der Waals surface area contributed by atoms with Gasteiger partial charge < -0.3 is 10.1 Å². The zero-order valence-electron chi connectivity index (χ0n) is 18.2. The van der Waals surface area contributed by atoms with Crippen molar-refractivity contribution in [3.05, 3.63) is 55.5 Å². The van der Waals surface area contributed by atoms with Crippen LogP contribution in [-0.2, 0) is 6.54 Å². The molecule has 1 saturated carbocycles. The van der Waals surface area contributed by atoms with E-state index in [0.29, 0.717) is 23.9 Å². The Kier molecular flexibility index (Phi) is 8.87. The Morgan fingerprint density at radius 1 is 1.27 bits per heavy atom. The van der Waals surface area contributed by atoms with E-state index in [1.807, 2.05) is 0 Å². The number of pyridine rings is 1. The van der Waals surface area contributed by atoms with Gasteiger partial charge in [0, 0.05) is 22.6 Å². The Hall–Kier alpha value is -3.82. The van der Waals surface area contributed by atoms with Gasteiger partial charge in [0.15, 0.2) is 11.4 Å². The topological polar surface area (TPSA) is 183 Å². The number of aromatic nitrogens is 2. The zero-order chi connectivity index (χ0) is 23.5. The number of imidazole rings is 1. The molecule has 0 aliphatic heterocycles. The van der Waals surface area contributed by atoms with E-state index in [1.165, 1.54) is 19.3 Å². The van der Waals surface area contributed by atoms with E-state index < -0.39 is 11.9 Å². The van der Waals surface area contributed by atoms with Crippen LogP contribution in [0.1, 0.15) is 54.7 Å². The number of carbonyl (C=O) groups excluding carboxylic acids is 1. The fraction of sp³-hybridized carbons (Fsp3) is 0.600. The van der Waals surface area contributed by atoms with Crippen LogP contribution in [0.5, 0.6) is 5.75 Å². The van der Waals surface area contributed by atoms with Crippen molar-refractivity contribution >= 4 is 11.6 Å². The third-order valence-corrected chi connectivity index (χ3v) is 5.66. The molecule has 13 nitrogen and oxygen atoms in total. The van der Waals surface area contributed by atoms with Crippen LogP contribution in [0.25, 0.3) is 26.5 Å². The number of nitrogens with zero attached hydrogens (tertiary/aromatic N) is 9. The Balaban J connectivity index is 1.88. The van der Waals surface area contributed by atoms with Gasteiger partial charge in [-0.3, -0.25) is 9.20 Å². The highest BCUT2D eigenvalue weighted by Crippen LogP contribution is 2.27. The second kappa shape index (κ2) is 12.3. The van der Waals surface area contributed by atoms with Gasteiger partial charge in [-0.25, -0.2) is 4.98 Å². The molecule has 0 aromatic carbocycles. The monoisotopic (exact) mass is 454 g/mol. The molecule has 1 aliphatic carbocycles. The fourth-order valence-corrected chi connectivity index (χ4v) is 4.02. The van der Waals surface area contributed by atoms with Gasteiger partial charge in [-0.15, -0.1) is 0 Å². The summed E-state index contributed by atoms with van der Waals surface area (Å²) in [7, 11) is 0. The van der Waals surface area contributed by atoms with E-state index in [-0.39, 0.29) is 37.4 Å². The molecule has 1 atom stereocenters. The number of fused-ring (bicyclic) bond motifs is 1. The molecule has 0 spiro atoms. The van der Waals surface area contributed by atoms with Crippen molar-refractivity contribution < 1.29 is 9.53 Å². The van der Waals surface area contributed by atoms with E-state index in [1.54, 1.807) is 22.7 Å². The molecular formula is C20H26N10O3. The number of hydrogen-bond donors (Lipinski definition) is 1. The summed E-state index contributed by atoms with van der Waals surface area (Å²) in [6.07, 6.45) is 7.87. The molecule has 174 valence electrons. The van der Waals surface area contributed by atoms with Gasteiger partial charge in [0.1, 0.15) is 12.2 Å². The second-order valence-corrected chi connectivity index (χ2v) is 7.90. The minimum absolute atomic E-state index is 0.106. The predicted octanol–water partition coefficient (Wildman–Crippen LogP) is 4.67. The highest BCUT2D eigenvalue weighted by atomic mass is 16.5. The maximum atomic E-state index is 13.1. The average molecular weight is 454 g/mol. The van der Waals surface area contributed by atoms with Crippen LogP contribution in [0.2, 0.25) is 0 Å². The first-order valence-electron chi connectivity index (χ1n) is 10.9. The molecule has 0 bridgehead atoms. The molecule has 33 heavy (non-hydrogen) atoms. The average Bonchev–Trinajstić information content (AvgIpc) is 3.21. The molecular weight excluding hydrogens is 428 g/mol. The predicted molar refractivity (Wildman–Crippen MR) is 121 cm³/mol. The second-order valence-electron chi connectivity index (χ2n) is 7.90. The molecule has 1 amide bonds. The summed E-state index contributed by atoms with van der Waals surface area (Å²) in [6.45, 7) is 0.379. The number of azide groups is 2. The summed E-state index contributed by atoms with van der Waals surface area (Å²) >= 11 is 0. The molecule has 2 heterocycles. The van der Waals surface area contributed by atoms with Crippen molar-refractivity contribution in [1.29, 1.82) is 0 Å². The lowest BCUT2D eigenvalue weighted by Gasteiger charge is -2.21. The summed E-state index contributed by atoms with van der Waals surface area (Å²) in [5, 5.41) is 12.6. The molecule has 0 radical (unpaired) electrons. The normalized spacial score (nSPS) is 14.7. The first-order valence-corrected chi connectivity index (χ1v) is 10.9. The van der Waals surface area contributed by atoms with Crippen LogP contribution in [0.3, 0.4) is 0 Å². The van der Waals surface area contributed by atoms with Crippen LogP contribution in [0, 0.1) is 10.8 Å². The summed E-state index contributed by atoms with van der Waals surface area (Å²) < 4.78 is 7.67. The highest BCUT2D eigenvalue weighted by molar-refractivity contribution is 5.95. The van der Waals surface area contributed by atoms with Gasteiger partial charge in [-0.1, -0.05) is 34.7 Å². The van der Waals surface area contributed by atoms with Gasteiger partial charge >= 0.3 is 0 Å². The van der Waals surface area contributed by atoms with Gasteiger partial charge in [-0.2, -0.15) is 4.91 Å². The number of hydrogen-bond acceptors (Lipinski definition) is 7. The van der Waals surface area contributed by atoms with Crippen molar-refractivity contribution in [1.82, 2.24) is 14.7 Å². The summed E-state index contributed by atoms with van der Waals surface area (Å²) in [5.41, 5.74) is 18.1. The van der Waals surface area contributed by atoms with Crippen LogP contribution in [0.15, 0.2) is 33.7 Å². The van der Waals surface area contributed by atoms with Crippen LogP contribution < -0.4 is 10.1 Å². The largest absolute Gasteiger partial charge is 0.489 e. The van der Waals surface area contributed by atoms with Gasteiger partial charge in [0.25, 0.3) is 5.91 Å². The van der Waals surface area contributed by atoms with Crippen molar-refractivity contribution in [2.45, 2.75) is 51.1 Å². The highest BCUT2D eigenvalue weighted by Gasteiger charge is 2.24. The zero-order valence-corrected chi connectivity index (χ0v) is 18.2. The molecule has 1 N–H and O–H groups in total. The van der Waals surface area contributed by atoms with Gasteiger partial charge in [0.2, 0.25) is 0 Å². The molecule has 0 saturated heterocycles. The minimum Gasteiger partial charge on any atom is -0.489 e. The number of ether oxygens (including phenoxy) is 1. The Labute approximate surface area is 189 Å². The number of nitrogens with one attached hydrogen (secondary N) is 1. The van der Waals surface area contributed by atoms with E-state index in [4.69, 9.17) is 15.8 Å². The van der Waals surface area contributed by atoms with Crippen molar-refractivity contribution in [3.8, 4) is 5.75 Å². The molecule has 2 aromatic rings. The SMILES string of the molecule is [N-]=[N+]=NCCC(CN=O)NC(=O)c1c(CN=[N+]=[N-])nc2c(OCC3CCCCC3)cccn12. The summed E-state index contributed by atoms with van der Waals surface area (Å²) in [5.74, 6) is 0.524. The first kappa shape index (κ1) is 23.8. The molecule has 1 fully saturated rings. The Morgan fingerprint density at radius 2 is 2.06 bits per heavy atom. The molecule has 1 unspecified atom stereocenters. The maximum Gasteiger partial charge on any atom is 0.270 e. The number of amides is 1. The van der Waals surface area contributed by atoms with Crippen LogP contribution in [0.4, 0.5) is 0 Å². The molecule has 3 rings (SSSR count). The molecule has 13 heteroatoms. The lowest BCUT2D eigenvalue weighted by Crippen LogP contribution is -2.38. The molecule has 2 aromatic heterocycles. The van der Waals surface area contributed by atoms with Gasteiger partial charge in [0.05, 0.1) is 24.9 Å². The minimum atomic E-state index is -0.621. The summed E-state index contributed by atoms with van der Waals surface area (Å²) in [4.78, 5) is 33.9. The Morgan fingerprint density at radius 3 is 2.79 bits per heavy atom. The smallest absolute Gasteiger partial charge is 0.270 e. The lowest BCUT2D eigenvalue weighted by molar-refractivity contribution is 0.0930. The standard InChI is InChI=1S/C20H26N10O3/c21-28-23-9-8-15(11-25-32)26-20(31)18-16(12-24-29-22)27-19-17(7-4-10-30(18)19)33-13-14-5-2-1-3-6-14/h4,7,10,14-15H,1-3,5-6,8-9,11-13H2,(H,26,31). The van der Waals surface area contributed by atoms with E-state index in [0.717, 1.165) is 12.8 Å². The van der Waals surface area contributed by atoms with Crippen molar-refractivity contribution in [3.63, 3.8) is 0 Å². The number of rotatable bonds is 12. The van der Waals surface area contributed by atoms with E-state index in [9.17, 15) is 9.70 Å².